The van der Waals surface area contributed by atoms with E-state index in [0.717, 1.165) is 12.8 Å². The molecule has 0 aliphatic rings. The third kappa shape index (κ3) is 10.8. The minimum absolute atomic E-state index is 0.0109. The molecule has 2 atom stereocenters. The first-order chi connectivity index (χ1) is 18.0. The molecular formula is C28H41N3O7. The number of nitrogens with zero attached hydrogens (tertiary/aromatic N) is 1. The first-order valence-electron chi connectivity index (χ1n) is 12.9. The summed E-state index contributed by atoms with van der Waals surface area (Å²) in [6.45, 7) is 8.36. The zero-order chi connectivity index (χ0) is 28.7. The molecule has 2 unspecified atom stereocenters. The molecule has 3 amide bonds. The van der Waals surface area contributed by atoms with Crippen LogP contribution in [-0.2, 0) is 23.9 Å². The maximum atomic E-state index is 13.7. The summed E-state index contributed by atoms with van der Waals surface area (Å²) in [5.41, 5.74) is -0.00414. The van der Waals surface area contributed by atoms with E-state index >= 15 is 0 Å². The molecule has 38 heavy (non-hydrogen) atoms. The molecule has 0 fully saturated rings. The number of terminal acetylenes is 1. The minimum atomic E-state index is -1.36. The van der Waals surface area contributed by atoms with Crippen molar-refractivity contribution in [2.75, 3.05) is 26.3 Å². The predicted molar refractivity (Wildman–Crippen MR) is 143 cm³/mol. The number of ether oxygens (including phenoxy) is 2. The number of carbonyl (C=O) groups excluding carboxylic acids is 4. The van der Waals surface area contributed by atoms with Crippen molar-refractivity contribution in [3.05, 3.63) is 35.4 Å². The lowest BCUT2D eigenvalue weighted by Crippen LogP contribution is -2.54. The van der Waals surface area contributed by atoms with Gasteiger partial charge in [-0.2, -0.15) is 0 Å². The maximum Gasteiger partial charge on any atom is 0.408 e. The highest BCUT2D eigenvalue weighted by molar-refractivity contribution is 5.92. The van der Waals surface area contributed by atoms with Gasteiger partial charge in [0.15, 0.2) is 0 Å². The third-order valence-electron chi connectivity index (χ3n) is 5.36. The Labute approximate surface area is 225 Å². The lowest BCUT2D eigenvalue weighted by Gasteiger charge is -2.34. The largest absolute Gasteiger partial charge is 0.466 e. The number of alkyl carbamates (subject to hydrolysis) is 1. The van der Waals surface area contributed by atoms with Crippen LogP contribution in [-0.4, -0.2) is 71.8 Å². The van der Waals surface area contributed by atoms with Gasteiger partial charge in [0.05, 0.1) is 19.6 Å². The fourth-order valence-corrected chi connectivity index (χ4v) is 3.67. The number of unbranched alkanes of at least 4 members (excludes halogenated alkanes) is 2. The number of amides is 3. The molecule has 1 rings (SSSR count). The Morgan fingerprint density at radius 2 is 1.82 bits per heavy atom. The summed E-state index contributed by atoms with van der Waals surface area (Å²) in [7, 11) is 0. The zero-order valence-electron chi connectivity index (χ0n) is 23.0. The summed E-state index contributed by atoms with van der Waals surface area (Å²) in [5.74, 6) is 0.853. The number of esters is 1. The van der Waals surface area contributed by atoms with Gasteiger partial charge in [0.2, 0.25) is 11.8 Å². The van der Waals surface area contributed by atoms with Gasteiger partial charge < -0.3 is 30.1 Å². The van der Waals surface area contributed by atoms with Crippen LogP contribution in [0.25, 0.3) is 0 Å². The van der Waals surface area contributed by atoms with Crippen LogP contribution in [0.1, 0.15) is 77.5 Å². The molecule has 0 aromatic heterocycles. The van der Waals surface area contributed by atoms with Crippen LogP contribution in [0.2, 0.25) is 0 Å². The summed E-state index contributed by atoms with van der Waals surface area (Å²) in [5, 5.41) is 15.1. The van der Waals surface area contributed by atoms with Crippen molar-refractivity contribution >= 4 is 23.9 Å². The number of rotatable bonds is 14. The van der Waals surface area contributed by atoms with Crippen molar-refractivity contribution in [1.29, 1.82) is 0 Å². The van der Waals surface area contributed by atoms with Gasteiger partial charge in [-0.1, -0.05) is 43.9 Å². The molecule has 0 saturated carbocycles. The number of aliphatic hydroxyl groups is 1. The normalized spacial score (nSPS) is 12.4. The molecule has 0 heterocycles. The Bertz CT molecular complexity index is 981. The number of hydrogen-bond donors (Lipinski definition) is 3. The van der Waals surface area contributed by atoms with Crippen LogP contribution < -0.4 is 10.6 Å². The Kier molecular flexibility index (Phi) is 13.9. The van der Waals surface area contributed by atoms with Gasteiger partial charge in [-0.05, 0) is 45.7 Å². The van der Waals surface area contributed by atoms with E-state index in [1.54, 1.807) is 52.0 Å². The Balaban J connectivity index is 3.41. The Morgan fingerprint density at radius 3 is 2.39 bits per heavy atom. The maximum absolute atomic E-state index is 13.7. The van der Waals surface area contributed by atoms with Crippen molar-refractivity contribution in [1.82, 2.24) is 15.5 Å². The van der Waals surface area contributed by atoms with E-state index in [1.165, 1.54) is 4.90 Å². The van der Waals surface area contributed by atoms with E-state index < -0.39 is 48.2 Å². The van der Waals surface area contributed by atoms with Gasteiger partial charge in [-0.15, -0.1) is 6.42 Å². The van der Waals surface area contributed by atoms with E-state index in [2.05, 4.69) is 16.6 Å². The highest BCUT2D eigenvalue weighted by atomic mass is 16.6. The summed E-state index contributed by atoms with van der Waals surface area (Å²) in [6, 6.07) is 4.19. The van der Waals surface area contributed by atoms with Crippen molar-refractivity contribution in [2.24, 2.45) is 0 Å². The fourth-order valence-electron chi connectivity index (χ4n) is 3.67. The van der Waals surface area contributed by atoms with Crippen molar-refractivity contribution < 1.29 is 33.8 Å². The summed E-state index contributed by atoms with van der Waals surface area (Å²) < 4.78 is 10.2. The van der Waals surface area contributed by atoms with Gasteiger partial charge in [-0.25, -0.2) is 4.79 Å². The predicted octanol–water partition coefficient (Wildman–Crippen LogP) is 2.68. The fraction of sp³-hybridized carbons (Fsp3) is 0.571. The standard InChI is InChI=1S/C28H41N3O7/c1-7-10-13-18-31(26(35)22(19-32)30-27(36)38-28(4,5)6)24(21-15-12-11-14-20(21)8-2)25(34)29-17-16-23(33)37-9-3/h2,11-12,14-15,22,24,32H,7,9-10,13,16-19H2,1,3-6H3,(H,29,34)(H,30,36). The number of nitrogens with one attached hydrogen (secondary N) is 2. The smallest absolute Gasteiger partial charge is 0.408 e. The monoisotopic (exact) mass is 531 g/mol. The van der Waals surface area contributed by atoms with Crippen molar-refractivity contribution in [3.8, 4) is 12.3 Å². The van der Waals surface area contributed by atoms with Crippen LogP contribution in [0.3, 0.4) is 0 Å². The number of benzene rings is 1. The highest BCUT2D eigenvalue weighted by Gasteiger charge is 2.36. The Morgan fingerprint density at radius 1 is 1.13 bits per heavy atom. The average Bonchev–Trinajstić information content (AvgIpc) is 2.85. The van der Waals surface area contributed by atoms with E-state index in [0.29, 0.717) is 17.5 Å². The quantitative estimate of drug-likeness (QED) is 0.191. The first-order valence-corrected chi connectivity index (χ1v) is 12.9. The van der Waals surface area contributed by atoms with Gasteiger partial charge in [0.1, 0.15) is 17.7 Å². The average molecular weight is 532 g/mol. The van der Waals surface area contributed by atoms with Gasteiger partial charge >= 0.3 is 12.1 Å². The molecular weight excluding hydrogens is 490 g/mol. The van der Waals surface area contributed by atoms with E-state index in [-0.39, 0.29) is 26.1 Å². The second-order valence-corrected chi connectivity index (χ2v) is 9.60. The molecule has 0 saturated heterocycles. The van der Waals surface area contributed by atoms with Gasteiger partial charge in [-0.3, -0.25) is 14.4 Å². The summed E-state index contributed by atoms with van der Waals surface area (Å²) in [4.78, 5) is 52.8. The van der Waals surface area contributed by atoms with Gasteiger partial charge in [0, 0.05) is 18.7 Å². The first kappa shape index (κ1) is 32.4. The lowest BCUT2D eigenvalue weighted by molar-refractivity contribution is -0.144. The molecule has 0 bridgehead atoms. The highest BCUT2D eigenvalue weighted by Crippen LogP contribution is 2.26. The second kappa shape index (κ2) is 16.3. The molecule has 3 N–H and O–H groups in total. The van der Waals surface area contributed by atoms with Crippen molar-refractivity contribution in [3.63, 3.8) is 0 Å². The van der Waals surface area contributed by atoms with E-state index in [4.69, 9.17) is 15.9 Å². The minimum Gasteiger partial charge on any atom is -0.466 e. The number of hydrogen-bond acceptors (Lipinski definition) is 7. The van der Waals surface area contributed by atoms with Crippen LogP contribution in [0.5, 0.6) is 0 Å². The molecule has 1 aromatic rings. The molecule has 210 valence electrons. The number of carbonyl (C=O) groups is 4. The topological polar surface area (TPSA) is 134 Å². The molecule has 1 aromatic carbocycles. The van der Waals surface area contributed by atoms with Crippen molar-refractivity contribution in [2.45, 2.75) is 78.0 Å². The lowest BCUT2D eigenvalue weighted by atomic mass is 9.97. The van der Waals surface area contributed by atoms with E-state index in [1.807, 2.05) is 6.92 Å². The second-order valence-electron chi connectivity index (χ2n) is 9.60. The zero-order valence-corrected chi connectivity index (χ0v) is 23.0. The molecule has 10 nitrogen and oxygen atoms in total. The summed E-state index contributed by atoms with van der Waals surface area (Å²) >= 11 is 0. The SMILES string of the molecule is C#Cc1ccccc1C(C(=O)NCCC(=O)OCC)N(CCCCC)C(=O)C(CO)NC(=O)OC(C)(C)C. The van der Waals surface area contributed by atoms with Gasteiger partial charge in [0.25, 0.3) is 0 Å². The molecule has 0 spiro atoms. The summed E-state index contributed by atoms with van der Waals surface area (Å²) in [6.07, 6.45) is 6.99. The van der Waals surface area contributed by atoms with Crippen LogP contribution in [0.15, 0.2) is 24.3 Å². The molecule has 0 aliphatic carbocycles. The third-order valence-corrected chi connectivity index (χ3v) is 5.36. The number of aliphatic hydroxyl groups excluding tert-OH is 1. The molecule has 0 radical (unpaired) electrons. The van der Waals surface area contributed by atoms with Crippen LogP contribution in [0, 0.1) is 12.3 Å². The van der Waals surface area contributed by atoms with Crippen LogP contribution >= 0.6 is 0 Å². The molecule has 10 heteroatoms. The Hall–Kier alpha value is -3.58. The molecule has 0 aliphatic heterocycles. The van der Waals surface area contributed by atoms with Crippen LogP contribution in [0.4, 0.5) is 4.79 Å². The van der Waals surface area contributed by atoms with E-state index in [9.17, 15) is 24.3 Å².